The van der Waals surface area contributed by atoms with Crippen molar-refractivity contribution in [3.63, 3.8) is 0 Å². The number of ether oxygens (including phenoxy) is 2. The number of amides is 1. The van der Waals surface area contributed by atoms with Crippen molar-refractivity contribution in [2.24, 2.45) is 5.92 Å². The Balaban J connectivity index is 1.98. The van der Waals surface area contributed by atoms with Crippen molar-refractivity contribution >= 4 is 17.8 Å². The largest absolute Gasteiger partial charge is 0.467 e. The number of rotatable bonds is 9. The normalized spacial score (nSPS) is 11.9. The zero-order valence-corrected chi connectivity index (χ0v) is 17.5. The molecule has 0 aliphatic heterocycles. The number of aryl methyl sites for hydroxylation is 1. The Morgan fingerprint density at radius 1 is 1.24 bits per heavy atom. The van der Waals surface area contributed by atoms with Gasteiger partial charge in [0.25, 0.3) is 5.91 Å². The number of carbonyl (C=O) groups excluding carboxylic acids is 3. The van der Waals surface area contributed by atoms with Gasteiger partial charge in [-0.3, -0.25) is 4.79 Å². The smallest absolute Gasteiger partial charge is 0.340 e. The average Bonchev–Trinajstić information content (AvgIpc) is 3.28. The molecule has 1 unspecified atom stereocenters. The second-order valence-electron chi connectivity index (χ2n) is 7.30. The van der Waals surface area contributed by atoms with Gasteiger partial charge < -0.3 is 23.8 Å². The first-order chi connectivity index (χ1) is 13.7. The fourth-order valence-electron chi connectivity index (χ4n) is 3.08. The van der Waals surface area contributed by atoms with Gasteiger partial charge in [0.2, 0.25) is 0 Å². The summed E-state index contributed by atoms with van der Waals surface area (Å²) in [6.07, 6.45) is 2.03. The number of nitrogens with one attached hydrogen (secondary N) is 1. The van der Waals surface area contributed by atoms with Crippen molar-refractivity contribution in [1.82, 2.24) is 9.88 Å². The number of hydrogen-bond donors (Lipinski definition) is 1. The predicted molar refractivity (Wildman–Crippen MR) is 105 cm³/mol. The minimum absolute atomic E-state index is 0.182. The summed E-state index contributed by atoms with van der Waals surface area (Å²) in [7, 11) is 1.26. The molecule has 0 fully saturated rings. The lowest BCUT2D eigenvalue weighted by atomic mass is 10.0. The van der Waals surface area contributed by atoms with Gasteiger partial charge in [0.1, 0.15) is 11.8 Å². The summed E-state index contributed by atoms with van der Waals surface area (Å²) < 4.78 is 17.2. The lowest BCUT2D eigenvalue weighted by Gasteiger charge is -2.18. The summed E-state index contributed by atoms with van der Waals surface area (Å²) in [5, 5.41) is 2.56. The third-order valence-electron chi connectivity index (χ3n) is 4.55. The van der Waals surface area contributed by atoms with Crippen molar-refractivity contribution in [2.45, 2.75) is 46.7 Å². The van der Waals surface area contributed by atoms with Gasteiger partial charge in [0.05, 0.1) is 25.5 Å². The lowest BCUT2D eigenvalue weighted by molar-refractivity contribution is -0.145. The highest BCUT2D eigenvalue weighted by Gasteiger charge is 2.24. The average molecular weight is 404 g/mol. The molecule has 2 aromatic heterocycles. The standard InChI is InChI=1S/C21H28N2O6/c1-13(2)9-18(21(26)27-5)22-19(24)12-29-20(25)17-10-14(3)23(15(17)4)11-16-7-6-8-28-16/h6-8,10,13,18H,9,11-12H2,1-5H3,(H,22,24). The molecule has 158 valence electrons. The summed E-state index contributed by atoms with van der Waals surface area (Å²) >= 11 is 0. The molecule has 2 rings (SSSR count). The number of nitrogens with zero attached hydrogens (tertiary/aromatic N) is 1. The summed E-state index contributed by atoms with van der Waals surface area (Å²) in [4.78, 5) is 36.4. The second kappa shape index (κ2) is 9.95. The fourth-order valence-corrected chi connectivity index (χ4v) is 3.08. The SMILES string of the molecule is COC(=O)C(CC(C)C)NC(=O)COC(=O)c1cc(C)n(Cc2ccco2)c1C. The molecule has 0 saturated heterocycles. The molecule has 0 bridgehead atoms. The first-order valence-corrected chi connectivity index (χ1v) is 9.46. The van der Waals surface area contributed by atoms with E-state index in [2.05, 4.69) is 5.32 Å². The van der Waals surface area contributed by atoms with E-state index in [-0.39, 0.29) is 5.92 Å². The van der Waals surface area contributed by atoms with Crippen LogP contribution in [0.25, 0.3) is 0 Å². The zero-order chi connectivity index (χ0) is 21.6. The van der Waals surface area contributed by atoms with Gasteiger partial charge in [0, 0.05) is 11.4 Å². The zero-order valence-electron chi connectivity index (χ0n) is 17.5. The van der Waals surface area contributed by atoms with E-state index in [1.807, 2.05) is 38.3 Å². The molecule has 29 heavy (non-hydrogen) atoms. The van der Waals surface area contributed by atoms with E-state index >= 15 is 0 Å². The third-order valence-corrected chi connectivity index (χ3v) is 4.55. The lowest BCUT2D eigenvalue weighted by Crippen LogP contribution is -2.44. The summed E-state index contributed by atoms with van der Waals surface area (Å²) in [6, 6.07) is 4.60. The molecule has 1 atom stereocenters. The van der Waals surface area contributed by atoms with Crippen molar-refractivity contribution in [3.8, 4) is 0 Å². The number of esters is 2. The van der Waals surface area contributed by atoms with Crippen LogP contribution >= 0.6 is 0 Å². The molecule has 2 aromatic rings. The second-order valence-corrected chi connectivity index (χ2v) is 7.30. The minimum atomic E-state index is -0.774. The van der Waals surface area contributed by atoms with Crippen LogP contribution in [0, 0.1) is 19.8 Å². The molecule has 0 aliphatic carbocycles. The molecule has 1 amide bonds. The molecule has 0 radical (unpaired) electrons. The maximum atomic E-state index is 12.5. The van der Waals surface area contributed by atoms with Crippen molar-refractivity contribution in [3.05, 3.63) is 47.2 Å². The Morgan fingerprint density at radius 3 is 2.55 bits per heavy atom. The van der Waals surface area contributed by atoms with Crippen molar-refractivity contribution in [1.29, 1.82) is 0 Å². The number of methoxy groups -OCH3 is 1. The Kier molecular flexibility index (Phi) is 7.64. The molecule has 2 heterocycles. The van der Waals surface area contributed by atoms with Gasteiger partial charge in [-0.25, -0.2) is 9.59 Å². The molecule has 0 spiro atoms. The van der Waals surface area contributed by atoms with Crippen LogP contribution in [0.3, 0.4) is 0 Å². The monoisotopic (exact) mass is 404 g/mol. The van der Waals surface area contributed by atoms with Crippen LogP contribution in [0.5, 0.6) is 0 Å². The molecular formula is C21H28N2O6. The summed E-state index contributed by atoms with van der Waals surface area (Å²) in [5.74, 6) is -0.734. The summed E-state index contributed by atoms with van der Waals surface area (Å²) in [6.45, 7) is 7.57. The number of aromatic nitrogens is 1. The fraction of sp³-hybridized carbons (Fsp3) is 0.476. The third kappa shape index (κ3) is 5.97. The highest BCUT2D eigenvalue weighted by Crippen LogP contribution is 2.18. The van der Waals surface area contributed by atoms with Crippen LogP contribution in [0.15, 0.2) is 28.9 Å². The molecular weight excluding hydrogens is 376 g/mol. The first kappa shape index (κ1) is 22.3. The highest BCUT2D eigenvalue weighted by molar-refractivity contribution is 5.93. The maximum absolute atomic E-state index is 12.5. The van der Waals surface area contributed by atoms with Crippen LogP contribution in [0.4, 0.5) is 0 Å². The van der Waals surface area contributed by atoms with Crippen molar-refractivity contribution in [2.75, 3.05) is 13.7 Å². The Labute approximate surface area is 170 Å². The summed E-state index contributed by atoms with van der Waals surface area (Å²) in [5.41, 5.74) is 1.98. The van der Waals surface area contributed by atoms with E-state index in [1.54, 1.807) is 18.4 Å². The Bertz CT molecular complexity index is 851. The van der Waals surface area contributed by atoms with E-state index in [1.165, 1.54) is 7.11 Å². The van der Waals surface area contributed by atoms with E-state index in [4.69, 9.17) is 13.9 Å². The van der Waals surface area contributed by atoms with Crippen LogP contribution in [0.2, 0.25) is 0 Å². The first-order valence-electron chi connectivity index (χ1n) is 9.46. The molecule has 8 heteroatoms. The highest BCUT2D eigenvalue weighted by atomic mass is 16.5. The van der Waals surface area contributed by atoms with Gasteiger partial charge in [-0.15, -0.1) is 0 Å². The van der Waals surface area contributed by atoms with E-state index in [0.717, 1.165) is 17.1 Å². The quantitative estimate of drug-likeness (QED) is 0.645. The van der Waals surface area contributed by atoms with Crippen LogP contribution in [-0.2, 0) is 25.6 Å². The van der Waals surface area contributed by atoms with Crippen molar-refractivity contribution < 1.29 is 28.3 Å². The number of hydrogen-bond acceptors (Lipinski definition) is 6. The minimum Gasteiger partial charge on any atom is -0.467 e. The van der Waals surface area contributed by atoms with Crippen LogP contribution < -0.4 is 5.32 Å². The van der Waals surface area contributed by atoms with E-state index in [0.29, 0.717) is 18.5 Å². The van der Waals surface area contributed by atoms with E-state index < -0.39 is 30.5 Å². The Morgan fingerprint density at radius 2 is 1.97 bits per heavy atom. The van der Waals surface area contributed by atoms with Gasteiger partial charge in [-0.1, -0.05) is 13.8 Å². The maximum Gasteiger partial charge on any atom is 0.340 e. The number of carbonyl (C=O) groups is 3. The van der Waals surface area contributed by atoms with Crippen LogP contribution in [0.1, 0.15) is 47.8 Å². The Hall–Kier alpha value is -3.03. The molecule has 1 N–H and O–H groups in total. The molecule has 8 nitrogen and oxygen atoms in total. The van der Waals surface area contributed by atoms with Crippen LogP contribution in [-0.4, -0.2) is 42.2 Å². The van der Waals surface area contributed by atoms with E-state index in [9.17, 15) is 14.4 Å². The topological polar surface area (TPSA) is 99.8 Å². The van der Waals surface area contributed by atoms with Gasteiger partial charge in [0.15, 0.2) is 6.61 Å². The van der Waals surface area contributed by atoms with Gasteiger partial charge in [-0.05, 0) is 44.4 Å². The van der Waals surface area contributed by atoms with Gasteiger partial charge >= 0.3 is 11.9 Å². The molecule has 0 aromatic carbocycles. The molecule has 0 saturated carbocycles. The predicted octanol–water partition coefficient (Wildman–Crippen LogP) is 2.61. The number of furan rings is 1. The van der Waals surface area contributed by atoms with Gasteiger partial charge in [-0.2, -0.15) is 0 Å². The molecule has 0 aliphatic rings.